The maximum atomic E-state index is 14.2. The Labute approximate surface area is 174 Å². The first-order valence-corrected chi connectivity index (χ1v) is 10.6. The maximum Gasteiger partial charge on any atom is 0.327 e. The van der Waals surface area contributed by atoms with Crippen LogP contribution in [0.15, 0.2) is 41.4 Å². The topological polar surface area (TPSA) is 93.9 Å². The van der Waals surface area contributed by atoms with Crippen LogP contribution in [-0.4, -0.2) is 41.1 Å². The van der Waals surface area contributed by atoms with Crippen molar-refractivity contribution in [3.63, 3.8) is 0 Å². The van der Waals surface area contributed by atoms with E-state index in [0.29, 0.717) is 17.0 Å². The van der Waals surface area contributed by atoms with Gasteiger partial charge in [0.25, 0.3) is 10.0 Å². The average Bonchev–Trinajstić information content (AvgIpc) is 3.01. The van der Waals surface area contributed by atoms with Crippen molar-refractivity contribution in [1.82, 2.24) is 14.6 Å². The van der Waals surface area contributed by atoms with Crippen LogP contribution in [0.4, 0.5) is 10.1 Å². The van der Waals surface area contributed by atoms with E-state index in [1.807, 2.05) is 0 Å². The van der Waals surface area contributed by atoms with Crippen molar-refractivity contribution in [2.24, 2.45) is 0 Å². The number of ether oxygens (including phenoxy) is 1. The monoisotopic (exact) mass is 434 g/mol. The Morgan fingerprint density at radius 2 is 1.87 bits per heavy atom. The van der Waals surface area contributed by atoms with Crippen LogP contribution in [0.5, 0.6) is 0 Å². The molecule has 0 fully saturated rings. The molecule has 0 radical (unpaired) electrons. The summed E-state index contributed by atoms with van der Waals surface area (Å²) in [5.41, 5.74) is 0.0507. The highest BCUT2D eigenvalue weighted by Crippen LogP contribution is 2.26. The van der Waals surface area contributed by atoms with Gasteiger partial charge in [0.15, 0.2) is 5.65 Å². The summed E-state index contributed by atoms with van der Waals surface area (Å²) in [7, 11) is -4.23. The molecule has 0 aliphatic rings. The average molecular weight is 434 g/mol. The number of pyridine rings is 1. The van der Waals surface area contributed by atoms with Crippen LogP contribution in [0.3, 0.4) is 0 Å². The summed E-state index contributed by atoms with van der Waals surface area (Å²) >= 11 is 0. The van der Waals surface area contributed by atoms with E-state index in [1.165, 1.54) is 34.9 Å². The van der Waals surface area contributed by atoms with Crippen LogP contribution < -0.4 is 4.31 Å². The third-order valence-corrected chi connectivity index (χ3v) is 6.03. The van der Waals surface area contributed by atoms with Gasteiger partial charge in [-0.15, -0.1) is 10.2 Å². The summed E-state index contributed by atoms with van der Waals surface area (Å²) in [4.78, 5) is 12.4. The molecule has 2 heterocycles. The molecule has 0 saturated heterocycles. The number of rotatable bonds is 5. The lowest BCUT2D eigenvalue weighted by molar-refractivity contribution is -0.152. The smallest absolute Gasteiger partial charge is 0.327 e. The van der Waals surface area contributed by atoms with Crippen molar-refractivity contribution in [3.05, 3.63) is 53.7 Å². The lowest BCUT2D eigenvalue weighted by Gasteiger charge is -2.26. The lowest BCUT2D eigenvalue weighted by Crippen LogP contribution is -2.39. The second-order valence-electron chi connectivity index (χ2n) is 7.87. The van der Waals surface area contributed by atoms with E-state index in [0.717, 1.165) is 10.4 Å². The van der Waals surface area contributed by atoms with Gasteiger partial charge >= 0.3 is 5.97 Å². The normalized spacial score (nSPS) is 12.2. The molecule has 3 rings (SSSR count). The van der Waals surface area contributed by atoms with E-state index >= 15 is 0 Å². The van der Waals surface area contributed by atoms with Crippen LogP contribution in [0.25, 0.3) is 5.65 Å². The zero-order valence-corrected chi connectivity index (χ0v) is 18.2. The fourth-order valence-electron chi connectivity index (χ4n) is 2.81. The zero-order valence-electron chi connectivity index (χ0n) is 17.4. The van der Waals surface area contributed by atoms with Crippen LogP contribution in [0.1, 0.15) is 32.2 Å². The number of aryl methyl sites for hydroxylation is 2. The van der Waals surface area contributed by atoms with Crippen molar-refractivity contribution in [1.29, 1.82) is 0 Å². The SMILES string of the molecule is Cc1ccc(N(CC(=O)OC(C)(C)C)S(=O)(=O)c2ccc3nnc(C)n3c2)cc1F. The van der Waals surface area contributed by atoms with E-state index < -0.39 is 34.0 Å². The number of halogens is 1. The molecular formula is C20H23FN4O4S. The lowest BCUT2D eigenvalue weighted by atomic mass is 10.2. The van der Waals surface area contributed by atoms with Crippen molar-refractivity contribution in [2.45, 2.75) is 45.1 Å². The van der Waals surface area contributed by atoms with Gasteiger partial charge in [-0.2, -0.15) is 0 Å². The van der Waals surface area contributed by atoms with E-state index in [2.05, 4.69) is 10.2 Å². The molecule has 0 aliphatic heterocycles. The van der Waals surface area contributed by atoms with Crippen molar-refractivity contribution >= 4 is 27.3 Å². The molecule has 30 heavy (non-hydrogen) atoms. The summed E-state index contributed by atoms with van der Waals surface area (Å²) in [6, 6.07) is 6.86. The second-order valence-corrected chi connectivity index (χ2v) is 9.73. The number of carbonyl (C=O) groups is 1. The number of anilines is 1. The molecule has 3 aromatic rings. The summed E-state index contributed by atoms with van der Waals surface area (Å²) in [6.45, 7) is 7.67. The van der Waals surface area contributed by atoms with Gasteiger partial charge in [0.05, 0.1) is 5.69 Å². The summed E-state index contributed by atoms with van der Waals surface area (Å²) in [5, 5.41) is 7.85. The number of fused-ring (bicyclic) bond motifs is 1. The Kier molecular flexibility index (Phi) is 5.55. The van der Waals surface area contributed by atoms with Gasteiger partial charge in [-0.05, 0) is 64.4 Å². The van der Waals surface area contributed by atoms with Crippen molar-refractivity contribution < 1.29 is 22.3 Å². The maximum absolute atomic E-state index is 14.2. The largest absolute Gasteiger partial charge is 0.459 e. The molecule has 10 heteroatoms. The van der Waals surface area contributed by atoms with E-state index in [9.17, 15) is 17.6 Å². The molecule has 8 nitrogen and oxygen atoms in total. The fourth-order valence-corrected chi connectivity index (χ4v) is 4.21. The minimum Gasteiger partial charge on any atom is -0.459 e. The predicted molar refractivity (Wildman–Crippen MR) is 109 cm³/mol. The van der Waals surface area contributed by atoms with Gasteiger partial charge in [0.2, 0.25) is 0 Å². The minimum absolute atomic E-state index is 0.0181. The first kappa shape index (κ1) is 21.7. The summed E-state index contributed by atoms with van der Waals surface area (Å²) in [6.07, 6.45) is 1.37. The molecule has 0 bridgehead atoms. The molecule has 160 valence electrons. The minimum atomic E-state index is -4.23. The molecular weight excluding hydrogens is 411 g/mol. The molecule has 0 atom stereocenters. The van der Waals surface area contributed by atoms with Gasteiger partial charge in [0.1, 0.15) is 28.7 Å². The standard InChI is InChI=1S/C20H23FN4O4S/c1-13-6-7-15(10-17(13)21)25(12-19(26)29-20(3,4)5)30(27,28)16-8-9-18-23-22-14(2)24(18)11-16/h6-11H,12H2,1-5H3. The molecule has 1 aromatic carbocycles. The van der Waals surface area contributed by atoms with Gasteiger partial charge in [-0.1, -0.05) is 6.07 Å². The highest BCUT2D eigenvalue weighted by atomic mass is 32.2. The number of aromatic nitrogens is 3. The van der Waals surface area contributed by atoms with Crippen LogP contribution in [0, 0.1) is 19.7 Å². The number of esters is 1. The van der Waals surface area contributed by atoms with Crippen LogP contribution in [-0.2, 0) is 19.6 Å². The van der Waals surface area contributed by atoms with Crippen LogP contribution >= 0.6 is 0 Å². The van der Waals surface area contributed by atoms with Gasteiger partial charge in [0, 0.05) is 6.20 Å². The predicted octanol–water partition coefficient (Wildman–Crippen LogP) is 3.02. The Bertz CT molecular complexity index is 1220. The Morgan fingerprint density at radius 3 is 2.50 bits per heavy atom. The third kappa shape index (κ3) is 4.43. The molecule has 0 N–H and O–H groups in total. The molecule has 2 aromatic heterocycles. The van der Waals surface area contributed by atoms with Gasteiger partial charge in [-0.25, -0.2) is 12.8 Å². The number of hydrogen-bond donors (Lipinski definition) is 0. The Hall–Kier alpha value is -3.01. The highest BCUT2D eigenvalue weighted by Gasteiger charge is 2.30. The van der Waals surface area contributed by atoms with Crippen LogP contribution in [0.2, 0.25) is 0 Å². The zero-order chi connectivity index (χ0) is 22.3. The third-order valence-electron chi connectivity index (χ3n) is 4.27. The quantitative estimate of drug-likeness (QED) is 0.573. The Morgan fingerprint density at radius 1 is 1.17 bits per heavy atom. The Balaban J connectivity index is 2.09. The fraction of sp³-hybridized carbons (Fsp3) is 0.350. The van der Waals surface area contributed by atoms with Gasteiger partial charge < -0.3 is 4.74 Å². The number of sulfonamides is 1. The van der Waals surface area contributed by atoms with Crippen molar-refractivity contribution in [2.75, 3.05) is 10.8 Å². The summed E-state index contributed by atoms with van der Waals surface area (Å²) < 4.78 is 48.7. The second kappa shape index (κ2) is 7.67. The molecule has 0 saturated carbocycles. The van der Waals surface area contributed by atoms with E-state index in [-0.39, 0.29) is 10.6 Å². The number of benzene rings is 1. The van der Waals surface area contributed by atoms with E-state index in [4.69, 9.17) is 4.74 Å². The molecule has 0 amide bonds. The molecule has 0 aliphatic carbocycles. The number of hydrogen-bond acceptors (Lipinski definition) is 6. The first-order valence-electron chi connectivity index (χ1n) is 9.20. The summed E-state index contributed by atoms with van der Waals surface area (Å²) in [5.74, 6) is -0.835. The molecule has 0 spiro atoms. The first-order chi connectivity index (χ1) is 13.9. The number of carbonyl (C=O) groups excluding carboxylic acids is 1. The van der Waals surface area contributed by atoms with E-state index in [1.54, 1.807) is 34.6 Å². The van der Waals surface area contributed by atoms with Gasteiger partial charge in [-0.3, -0.25) is 13.5 Å². The highest BCUT2D eigenvalue weighted by molar-refractivity contribution is 7.92. The molecule has 0 unspecified atom stereocenters. The number of nitrogens with zero attached hydrogens (tertiary/aromatic N) is 4. The van der Waals surface area contributed by atoms with Crippen molar-refractivity contribution in [3.8, 4) is 0 Å².